The lowest BCUT2D eigenvalue weighted by atomic mass is 9.92. The van der Waals surface area contributed by atoms with Crippen LogP contribution in [0.1, 0.15) is 21.8 Å². The molecule has 0 bridgehead atoms. The zero-order chi connectivity index (χ0) is 14.5. The van der Waals surface area contributed by atoms with Crippen molar-refractivity contribution >= 4 is 21.7 Å². The molecule has 0 saturated carbocycles. The Bertz CT molecular complexity index is 659. The number of carbonyl (C=O) groups is 1. The summed E-state index contributed by atoms with van der Waals surface area (Å²) in [6.45, 7) is 0. The van der Waals surface area contributed by atoms with E-state index in [0.717, 1.165) is 4.47 Å². The van der Waals surface area contributed by atoms with Crippen molar-refractivity contribution < 1.29 is 9.53 Å². The molecular formula is C16H12BrNO2. The van der Waals surface area contributed by atoms with E-state index in [1.165, 1.54) is 0 Å². The lowest BCUT2D eigenvalue weighted by Crippen LogP contribution is -2.11. The minimum Gasteiger partial charge on any atom is -0.497 e. The van der Waals surface area contributed by atoms with Gasteiger partial charge in [0.15, 0.2) is 5.78 Å². The largest absolute Gasteiger partial charge is 0.497 e. The van der Waals surface area contributed by atoms with E-state index < -0.39 is 5.92 Å². The first-order chi connectivity index (χ1) is 9.65. The van der Waals surface area contributed by atoms with Crippen LogP contribution in [-0.4, -0.2) is 12.9 Å². The first-order valence-electron chi connectivity index (χ1n) is 5.99. The third-order valence-electron chi connectivity index (χ3n) is 2.95. The van der Waals surface area contributed by atoms with Gasteiger partial charge < -0.3 is 4.74 Å². The monoisotopic (exact) mass is 329 g/mol. The molecule has 0 saturated heterocycles. The molecule has 0 radical (unpaired) electrons. The Morgan fingerprint density at radius 1 is 1.25 bits per heavy atom. The van der Waals surface area contributed by atoms with Crippen LogP contribution in [0.4, 0.5) is 0 Å². The second-order valence-corrected chi connectivity index (χ2v) is 5.13. The fraction of sp³-hybridized carbons (Fsp3) is 0.125. The Morgan fingerprint density at radius 2 is 1.95 bits per heavy atom. The van der Waals surface area contributed by atoms with Crippen LogP contribution in [0.15, 0.2) is 53.0 Å². The van der Waals surface area contributed by atoms with Crippen LogP contribution in [0, 0.1) is 11.3 Å². The zero-order valence-corrected chi connectivity index (χ0v) is 12.4. The van der Waals surface area contributed by atoms with Gasteiger partial charge in [-0.15, -0.1) is 0 Å². The van der Waals surface area contributed by atoms with E-state index in [0.29, 0.717) is 16.9 Å². The highest BCUT2D eigenvalue weighted by atomic mass is 79.9. The summed E-state index contributed by atoms with van der Waals surface area (Å²) >= 11 is 3.35. The number of benzene rings is 2. The molecule has 1 unspecified atom stereocenters. The van der Waals surface area contributed by atoms with E-state index in [1.54, 1.807) is 43.5 Å². The molecule has 0 aliphatic rings. The maximum absolute atomic E-state index is 12.4. The Balaban J connectivity index is 2.31. The van der Waals surface area contributed by atoms with Crippen molar-refractivity contribution in [1.82, 2.24) is 0 Å². The van der Waals surface area contributed by atoms with Crippen molar-refractivity contribution in [3.05, 3.63) is 64.1 Å². The van der Waals surface area contributed by atoms with E-state index in [1.807, 2.05) is 12.1 Å². The quantitative estimate of drug-likeness (QED) is 0.798. The lowest BCUT2D eigenvalue weighted by molar-refractivity contribution is 0.0979. The van der Waals surface area contributed by atoms with Crippen molar-refractivity contribution in [1.29, 1.82) is 5.26 Å². The van der Waals surface area contributed by atoms with E-state index in [4.69, 9.17) is 4.74 Å². The van der Waals surface area contributed by atoms with Gasteiger partial charge in [0.05, 0.1) is 13.2 Å². The topological polar surface area (TPSA) is 50.1 Å². The van der Waals surface area contributed by atoms with Crippen molar-refractivity contribution in [2.45, 2.75) is 5.92 Å². The van der Waals surface area contributed by atoms with Gasteiger partial charge in [-0.2, -0.15) is 5.26 Å². The van der Waals surface area contributed by atoms with Crippen LogP contribution in [0.5, 0.6) is 5.75 Å². The molecule has 20 heavy (non-hydrogen) atoms. The molecule has 2 aromatic carbocycles. The Morgan fingerprint density at radius 3 is 2.50 bits per heavy atom. The molecule has 3 nitrogen and oxygen atoms in total. The van der Waals surface area contributed by atoms with Crippen molar-refractivity contribution in [3.8, 4) is 11.8 Å². The van der Waals surface area contributed by atoms with E-state index in [-0.39, 0.29) is 5.78 Å². The molecule has 1 atom stereocenters. The molecule has 4 heteroatoms. The van der Waals surface area contributed by atoms with Gasteiger partial charge in [0.1, 0.15) is 11.7 Å². The minimum absolute atomic E-state index is 0.215. The van der Waals surface area contributed by atoms with Crippen LogP contribution < -0.4 is 4.74 Å². The van der Waals surface area contributed by atoms with Crippen LogP contribution in [-0.2, 0) is 0 Å². The molecule has 0 heterocycles. The number of methoxy groups -OCH3 is 1. The highest BCUT2D eigenvalue weighted by Gasteiger charge is 2.21. The van der Waals surface area contributed by atoms with Crippen molar-refractivity contribution in [2.24, 2.45) is 0 Å². The molecule has 0 aromatic heterocycles. The standard InChI is InChI=1S/C16H12BrNO2/c1-20-14-7-5-11(6-8-14)16(19)15(10-18)12-3-2-4-13(17)9-12/h2-9,15H,1H3. The SMILES string of the molecule is COc1ccc(C(=O)C(C#N)c2cccc(Br)c2)cc1. The van der Waals surface area contributed by atoms with Gasteiger partial charge in [-0.25, -0.2) is 0 Å². The number of hydrogen-bond acceptors (Lipinski definition) is 3. The van der Waals surface area contributed by atoms with E-state index >= 15 is 0 Å². The molecular weight excluding hydrogens is 318 g/mol. The smallest absolute Gasteiger partial charge is 0.184 e. The third-order valence-corrected chi connectivity index (χ3v) is 3.44. The van der Waals surface area contributed by atoms with Crippen LogP contribution in [0.2, 0.25) is 0 Å². The Hall–Kier alpha value is -2.12. The number of carbonyl (C=O) groups excluding carboxylic acids is 1. The molecule has 2 aromatic rings. The summed E-state index contributed by atoms with van der Waals surface area (Å²) in [7, 11) is 1.57. The number of halogens is 1. The maximum atomic E-state index is 12.4. The Kier molecular flexibility index (Phi) is 4.54. The summed E-state index contributed by atoms with van der Waals surface area (Å²) in [6.07, 6.45) is 0. The minimum atomic E-state index is -0.805. The molecule has 0 aliphatic heterocycles. The normalized spacial score (nSPS) is 11.4. The van der Waals surface area contributed by atoms with Gasteiger partial charge in [0.25, 0.3) is 0 Å². The first-order valence-corrected chi connectivity index (χ1v) is 6.78. The van der Waals surface area contributed by atoms with Crippen molar-refractivity contribution in [3.63, 3.8) is 0 Å². The molecule has 0 N–H and O–H groups in total. The molecule has 100 valence electrons. The fourth-order valence-corrected chi connectivity index (χ4v) is 2.31. The van der Waals surface area contributed by atoms with Crippen LogP contribution in [0.3, 0.4) is 0 Å². The second kappa shape index (κ2) is 6.36. The van der Waals surface area contributed by atoms with Crippen molar-refractivity contribution in [2.75, 3.05) is 7.11 Å². The number of nitrogens with zero attached hydrogens (tertiary/aromatic N) is 1. The number of Topliss-reactive ketones (excluding diaryl/α,β-unsaturated/α-hetero) is 1. The van der Waals surface area contributed by atoms with Gasteiger partial charge in [0.2, 0.25) is 0 Å². The van der Waals surface area contributed by atoms with Crippen LogP contribution in [0.25, 0.3) is 0 Å². The fourth-order valence-electron chi connectivity index (χ4n) is 1.89. The molecule has 0 amide bonds. The number of ketones is 1. The number of nitriles is 1. The van der Waals surface area contributed by atoms with E-state index in [2.05, 4.69) is 22.0 Å². The summed E-state index contributed by atoms with van der Waals surface area (Å²) in [5, 5.41) is 9.29. The number of rotatable bonds is 4. The lowest BCUT2D eigenvalue weighted by Gasteiger charge is -2.09. The summed E-state index contributed by atoms with van der Waals surface area (Å²) < 4.78 is 5.90. The molecule has 2 rings (SSSR count). The number of ether oxygens (including phenoxy) is 1. The van der Waals surface area contributed by atoms with Gasteiger partial charge in [-0.1, -0.05) is 28.1 Å². The summed E-state index contributed by atoms with van der Waals surface area (Å²) in [5.74, 6) is -0.341. The average Bonchev–Trinajstić information content (AvgIpc) is 2.48. The predicted molar refractivity (Wildman–Crippen MR) is 79.8 cm³/mol. The third kappa shape index (κ3) is 3.06. The van der Waals surface area contributed by atoms with Gasteiger partial charge in [0, 0.05) is 10.0 Å². The highest BCUT2D eigenvalue weighted by Crippen LogP contribution is 2.24. The molecule has 0 spiro atoms. The summed E-state index contributed by atoms with van der Waals surface area (Å²) in [4.78, 5) is 12.4. The predicted octanol–water partition coefficient (Wildman–Crippen LogP) is 3.95. The second-order valence-electron chi connectivity index (χ2n) is 4.21. The highest BCUT2D eigenvalue weighted by molar-refractivity contribution is 9.10. The van der Waals surface area contributed by atoms with Gasteiger partial charge >= 0.3 is 0 Å². The van der Waals surface area contributed by atoms with Gasteiger partial charge in [-0.05, 0) is 42.0 Å². The summed E-state index contributed by atoms with van der Waals surface area (Å²) in [5.41, 5.74) is 1.18. The summed E-state index contributed by atoms with van der Waals surface area (Å²) in [6, 6.07) is 16.1. The van der Waals surface area contributed by atoms with E-state index in [9.17, 15) is 10.1 Å². The Labute approximate surface area is 125 Å². The van der Waals surface area contributed by atoms with Crippen LogP contribution >= 0.6 is 15.9 Å². The zero-order valence-electron chi connectivity index (χ0n) is 10.8. The molecule has 0 aliphatic carbocycles. The average molecular weight is 330 g/mol. The maximum Gasteiger partial charge on any atom is 0.184 e. The number of hydrogen-bond donors (Lipinski definition) is 0. The van der Waals surface area contributed by atoms with Gasteiger partial charge in [-0.3, -0.25) is 4.79 Å². The molecule has 0 fully saturated rings. The first kappa shape index (κ1) is 14.3.